The lowest BCUT2D eigenvalue weighted by atomic mass is 9.99. The fourth-order valence-corrected chi connectivity index (χ4v) is 2.76. The molecule has 148 valence electrons. The number of halogens is 3. The van der Waals surface area contributed by atoms with Crippen molar-refractivity contribution in [3.8, 4) is 34.0 Å². The molecule has 0 aliphatic heterocycles. The number of ether oxygens (including phenoxy) is 1. The highest BCUT2D eigenvalue weighted by Gasteiger charge is 2.30. The van der Waals surface area contributed by atoms with Gasteiger partial charge in [-0.1, -0.05) is 12.1 Å². The van der Waals surface area contributed by atoms with Crippen molar-refractivity contribution in [3.63, 3.8) is 0 Å². The number of aryl methyl sites for hydroxylation is 1. The summed E-state index contributed by atoms with van der Waals surface area (Å²) in [6.07, 6.45) is -3.90. The molecule has 0 fully saturated rings. The molecular weight excluding hydrogens is 377 g/mol. The Hall–Kier alpha value is -3.14. The molecule has 0 atom stereocenters. The molecule has 0 aliphatic carbocycles. The van der Waals surface area contributed by atoms with Crippen molar-refractivity contribution in [1.82, 2.24) is 20.2 Å². The van der Waals surface area contributed by atoms with Gasteiger partial charge in [0.25, 0.3) is 0 Å². The summed E-state index contributed by atoms with van der Waals surface area (Å²) in [5.74, 6) is -0.433. The van der Waals surface area contributed by atoms with Gasteiger partial charge in [0.2, 0.25) is 0 Å². The molecule has 3 rings (SSSR count). The third-order valence-electron chi connectivity index (χ3n) is 4.11. The fraction of sp³-hybridized carbons (Fsp3) is 0.278. The Labute approximate surface area is 158 Å². The monoisotopic (exact) mass is 394 g/mol. The molecule has 2 aromatic carbocycles. The van der Waals surface area contributed by atoms with Gasteiger partial charge in [0, 0.05) is 31.9 Å². The van der Waals surface area contributed by atoms with E-state index in [1.807, 2.05) is 0 Å². The van der Waals surface area contributed by atoms with Crippen LogP contribution in [-0.2, 0) is 17.5 Å². The quantitative estimate of drug-likeness (QED) is 0.622. The lowest BCUT2D eigenvalue weighted by molar-refractivity contribution is -0.137. The summed E-state index contributed by atoms with van der Waals surface area (Å²) in [5, 5.41) is 31.8. The molecule has 0 aliphatic rings. The highest BCUT2D eigenvalue weighted by atomic mass is 19.4. The van der Waals surface area contributed by atoms with Gasteiger partial charge in [-0.05, 0) is 40.6 Å². The maximum absolute atomic E-state index is 13.0. The summed E-state index contributed by atoms with van der Waals surface area (Å²) in [6.45, 7) is 0.895. The van der Waals surface area contributed by atoms with E-state index in [4.69, 9.17) is 4.74 Å². The molecule has 1 heterocycles. The minimum absolute atomic E-state index is 0.116. The third-order valence-corrected chi connectivity index (χ3v) is 4.11. The first-order valence-corrected chi connectivity index (χ1v) is 8.30. The minimum atomic E-state index is -4.52. The van der Waals surface area contributed by atoms with Crippen LogP contribution in [0, 0.1) is 0 Å². The molecule has 10 heteroatoms. The molecule has 0 amide bonds. The Balaban J connectivity index is 2.05. The number of hydrogen-bond acceptors (Lipinski definition) is 6. The zero-order valence-electron chi connectivity index (χ0n) is 14.8. The standard InChI is InChI=1S/C18H17F3N4O3/c1-28-7-3-6-25-17(22-23-24-25)14-9-13(15(26)10-16(14)27)11-4-2-5-12(8-11)18(19,20)21/h2,4-5,8-10,26-27H,3,6-7H2,1H3. The van der Waals surface area contributed by atoms with Crippen LogP contribution in [0.3, 0.4) is 0 Å². The van der Waals surface area contributed by atoms with Gasteiger partial charge in [-0.3, -0.25) is 0 Å². The van der Waals surface area contributed by atoms with Gasteiger partial charge in [0.15, 0.2) is 5.82 Å². The van der Waals surface area contributed by atoms with Crippen molar-refractivity contribution in [2.24, 2.45) is 0 Å². The summed E-state index contributed by atoms with van der Waals surface area (Å²) in [5.41, 5.74) is -0.395. The summed E-state index contributed by atoms with van der Waals surface area (Å²) < 4.78 is 45.5. The Morgan fingerprint density at radius 3 is 2.54 bits per heavy atom. The molecule has 0 saturated carbocycles. The number of benzene rings is 2. The predicted molar refractivity (Wildman–Crippen MR) is 93.5 cm³/mol. The number of aromatic hydroxyl groups is 2. The van der Waals surface area contributed by atoms with E-state index in [0.29, 0.717) is 19.6 Å². The Morgan fingerprint density at radius 2 is 1.82 bits per heavy atom. The Kier molecular flexibility index (Phi) is 5.50. The second-order valence-electron chi connectivity index (χ2n) is 6.04. The molecule has 28 heavy (non-hydrogen) atoms. The van der Waals surface area contributed by atoms with Gasteiger partial charge < -0.3 is 14.9 Å². The highest BCUT2D eigenvalue weighted by Crippen LogP contribution is 2.40. The molecule has 2 N–H and O–H groups in total. The molecule has 0 saturated heterocycles. The lowest BCUT2D eigenvalue weighted by Crippen LogP contribution is -2.06. The SMILES string of the molecule is COCCCn1nnnc1-c1cc(-c2cccc(C(F)(F)F)c2)c(O)cc1O. The Bertz CT molecular complexity index is 973. The topological polar surface area (TPSA) is 93.3 Å². The van der Waals surface area contributed by atoms with Gasteiger partial charge in [-0.2, -0.15) is 13.2 Å². The number of phenols is 2. The Morgan fingerprint density at radius 1 is 1.07 bits per heavy atom. The van der Waals surface area contributed by atoms with Crippen LogP contribution in [0.5, 0.6) is 11.5 Å². The van der Waals surface area contributed by atoms with Gasteiger partial charge in [0.05, 0.1) is 11.1 Å². The van der Waals surface area contributed by atoms with Gasteiger partial charge >= 0.3 is 6.18 Å². The number of nitrogens with zero attached hydrogens (tertiary/aromatic N) is 4. The van der Waals surface area contributed by atoms with E-state index < -0.39 is 11.7 Å². The number of methoxy groups -OCH3 is 1. The van der Waals surface area contributed by atoms with E-state index in [2.05, 4.69) is 15.5 Å². The largest absolute Gasteiger partial charge is 0.507 e. The summed E-state index contributed by atoms with van der Waals surface area (Å²) in [6, 6.07) is 6.97. The van der Waals surface area contributed by atoms with Crippen LogP contribution in [0.1, 0.15) is 12.0 Å². The summed E-state index contributed by atoms with van der Waals surface area (Å²) >= 11 is 0. The normalized spacial score (nSPS) is 11.7. The van der Waals surface area contributed by atoms with Crippen LogP contribution in [0.2, 0.25) is 0 Å². The van der Waals surface area contributed by atoms with Gasteiger partial charge in [-0.25, -0.2) is 4.68 Å². The van der Waals surface area contributed by atoms with Crippen molar-refractivity contribution in [3.05, 3.63) is 42.0 Å². The fourth-order valence-electron chi connectivity index (χ4n) is 2.76. The average molecular weight is 394 g/mol. The van der Waals surface area contributed by atoms with Gasteiger partial charge in [0.1, 0.15) is 11.5 Å². The molecule has 0 unspecified atom stereocenters. The number of hydrogen-bond donors (Lipinski definition) is 2. The van der Waals surface area contributed by atoms with Crippen molar-refractivity contribution in [1.29, 1.82) is 0 Å². The summed E-state index contributed by atoms with van der Waals surface area (Å²) in [4.78, 5) is 0. The molecule has 7 nitrogen and oxygen atoms in total. The van der Waals surface area contributed by atoms with Crippen molar-refractivity contribution < 1.29 is 28.1 Å². The first-order valence-electron chi connectivity index (χ1n) is 8.30. The first-order chi connectivity index (χ1) is 13.3. The van der Waals surface area contributed by atoms with Crippen molar-refractivity contribution in [2.45, 2.75) is 19.1 Å². The molecule has 3 aromatic rings. The first kappa shape index (κ1) is 19.6. The number of alkyl halides is 3. The third kappa shape index (κ3) is 4.06. The van der Waals surface area contributed by atoms with E-state index >= 15 is 0 Å². The average Bonchev–Trinajstić information content (AvgIpc) is 3.10. The molecular formula is C18H17F3N4O3. The zero-order chi connectivity index (χ0) is 20.3. The molecule has 1 aromatic heterocycles. The second kappa shape index (κ2) is 7.85. The maximum Gasteiger partial charge on any atom is 0.416 e. The smallest absolute Gasteiger partial charge is 0.416 e. The van der Waals surface area contributed by atoms with Crippen LogP contribution in [0.25, 0.3) is 22.5 Å². The van der Waals surface area contributed by atoms with E-state index in [-0.39, 0.29) is 34.0 Å². The van der Waals surface area contributed by atoms with Crippen LogP contribution >= 0.6 is 0 Å². The van der Waals surface area contributed by atoms with E-state index in [9.17, 15) is 23.4 Å². The highest BCUT2D eigenvalue weighted by molar-refractivity contribution is 5.79. The molecule has 0 radical (unpaired) electrons. The van der Waals surface area contributed by atoms with Gasteiger partial charge in [-0.15, -0.1) is 5.10 Å². The predicted octanol–water partition coefficient (Wildman–Crippen LogP) is 3.47. The number of tetrazole rings is 1. The van der Waals surface area contributed by atoms with Crippen LogP contribution in [0.4, 0.5) is 13.2 Å². The van der Waals surface area contributed by atoms with E-state index in [1.165, 1.54) is 22.9 Å². The maximum atomic E-state index is 13.0. The molecule has 0 bridgehead atoms. The van der Waals surface area contributed by atoms with Crippen molar-refractivity contribution >= 4 is 0 Å². The number of phenolic OH excluding ortho intramolecular Hbond substituents is 2. The lowest BCUT2D eigenvalue weighted by Gasteiger charge is -2.12. The van der Waals surface area contributed by atoms with Crippen LogP contribution < -0.4 is 0 Å². The zero-order valence-corrected chi connectivity index (χ0v) is 14.8. The number of aromatic nitrogens is 4. The molecule has 0 spiro atoms. The number of rotatable bonds is 6. The van der Waals surface area contributed by atoms with Crippen molar-refractivity contribution in [2.75, 3.05) is 13.7 Å². The van der Waals surface area contributed by atoms with Crippen LogP contribution in [0.15, 0.2) is 36.4 Å². The van der Waals surface area contributed by atoms with E-state index in [0.717, 1.165) is 18.2 Å². The second-order valence-corrected chi connectivity index (χ2v) is 6.04. The van der Waals surface area contributed by atoms with E-state index in [1.54, 1.807) is 7.11 Å². The minimum Gasteiger partial charge on any atom is -0.507 e. The summed E-state index contributed by atoms with van der Waals surface area (Å²) in [7, 11) is 1.56. The van der Waals surface area contributed by atoms with Crippen LogP contribution in [-0.4, -0.2) is 44.1 Å².